The summed E-state index contributed by atoms with van der Waals surface area (Å²) in [5.74, 6) is -2.69. The average Bonchev–Trinajstić information content (AvgIpc) is 2.48. The molecule has 5 nitrogen and oxygen atoms in total. The quantitative estimate of drug-likeness (QED) is 0.577. The van der Waals surface area contributed by atoms with Crippen LogP contribution in [0.1, 0.15) is 24.5 Å². The minimum absolute atomic E-state index is 0.0792. The molecule has 0 fully saturated rings. The Morgan fingerprint density at radius 1 is 0.864 bits per heavy atom. The number of aliphatic hydroxyl groups is 2. The second kappa shape index (κ2) is 5.81. The molecular weight excluding hydrogens is 304 g/mol. The van der Waals surface area contributed by atoms with Crippen molar-refractivity contribution in [3.63, 3.8) is 0 Å². The molecule has 6 heteroatoms. The lowest BCUT2D eigenvalue weighted by molar-refractivity contribution is -0.185. The van der Waals surface area contributed by atoms with Crippen molar-refractivity contribution < 1.29 is 23.2 Å². The van der Waals surface area contributed by atoms with E-state index in [9.17, 15) is 23.2 Å². The maximum atomic E-state index is 12.3. The second-order valence-corrected chi connectivity index (χ2v) is 6.62. The first kappa shape index (κ1) is 16.6. The van der Waals surface area contributed by atoms with E-state index in [2.05, 4.69) is 0 Å². The third kappa shape index (κ3) is 2.44. The summed E-state index contributed by atoms with van der Waals surface area (Å²) >= 11 is 0. The fourth-order valence-corrected chi connectivity index (χ4v) is 4.15. The smallest absolute Gasteiger partial charge is 0.284 e. The van der Waals surface area contributed by atoms with E-state index in [1.807, 2.05) is 0 Å². The van der Waals surface area contributed by atoms with Gasteiger partial charge in [0.15, 0.2) is 10.5 Å². The highest BCUT2D eigenvalue weighted by Gasteiger charge is 2.60. The molecule has 0 saturated heterocycles. The molecule has 0 heterocycles. The van der Waals surface area contributed by atoms with Crippen molar-refractivity contribution in [3.05, 3.63) is 71.8 Å². The van der Waals surface area contributed by atoms with Crippen LogP contribution in [-0.2, 0) is 14.9 Å². The molecule has 0 aliphatic rings. The number of hydrogen-bond acceptors (Lipinski definition) is 4. The molecule has 2 rings (SSSR count). The Morgan fingerprint density at radius 2 is 1.23 bits per heavy atom. The Bertz CT molecular complexity index is 684. The molecule has 2 aromatic carbocycles. The summed E-state index contributed by atoms with van der Waals surface area (Å²) in [6.45, 7) is 1.44. The Kier molecular flexibility index (Phi) is 4.39. The minimum atomic E-state index is -4.90. The molecule has 2 aromatic rings. The molecule has 118 valence electrons. The second-order valence-electron chi connectivity index (χ2n) is 5.06. The number of benzene rings is 2. The Hall–Kier alpha value is -1.73. The Balaban J connectivity index is 2.96. The van der Waals surface area contributed by atoms with Gasteiger partial charge < -0.3 is 10.2 Å². The van der Waals surface area contributed by atoms with Crippen molar-refractivity contribution in [2.45, 2.75) is 23.9 Å². The summed E-state index contributed by atoms with van der Waals surface area (Å²) in [5.41, 5.74) is 0.158. The van der Waals surface area contributed by atoms with E-state index in [4.69, 9.17) is 0 Å². The van der Waals surface area contributed by atoms with E-state index in [1.54, 1.807) is 36.4 Å². The molecule has 0 aliphatic heterocycles. The third-order valence-electron chi connectivity index (χ3n) is 3.80. The molecule has 0 aromatic heterocycles. The highest BCUT2D eigenvalue weighted by Crippen LogP contribution is 2.46. The fraction of sp³-hybridized carbons (Fsp3) is 0.250. The lowest BCUT2D eigenvalue weighted by Gasteiger charge is -2.41. The van der Waals surface area contributed by atoms with E-state index in [-0.39, 0.29) is 17.5 Å². The van der Waals surface area contributed by atoms with Gasteiger partial charge in [0.1, 0.15) is 0 Å². The monoisotopic (exact) mass is 322 g/mol. The van der Waals surface area contributed by atoms with Crippen LogP contribution in [0.5, 0.6) is 0 Å². The van der Waals surface area contributed by atoms with Crippen LogP contribution in [-0.4, -0.2) is 29.0 Å². The highest BCUT2D eigenvalue weighted by molar-refractivity contribution is 7.87. The van der Waals surface area contributed by atoms with Crippen molar-refractivity contribution in [3.8, 4) is 0 Å². The van der Waals surface area contributed by atoms with E-state index in [0.29, 0.717) is 0 Å². The Labute approximate surface area is 129 Å². The van der Waals surface area contributed by atoms with Crippen LogP contribution in [0.2, 0.25) is 0 Å². The molecular formula is C16H18O5S. The van der Waals surface area contributed by atoms with Crippen molar-refractivity contribution in [2.24, 2.45) is 0 Å². The van der Waals surface area contributed by atoms with Gasteiger partial charge >= 0.3 is 0 Å². The van der Waals surface area contributed by atoms with Gasteiger partial charge in [0.25, 0.3) is 10.1 Å². The molecule has 22 heavy (non-hydrogen) atoms. The molecule has 0 saturated carbocycles. The van der Waals surface area contributed by atoms with E-state index in [1.165, 1.54) is 31.2 Å². The molecule has 0 amide bonds. The lowest BCUT2D eigenvalue weighted by Crippen LogP contribution is -2.57. The Morgan fingerprint density at radius 3 is 1.50 bits per heavy atom. The van der Waals surface area contributed by atoms with Crippen LogP contribution in [0.3, 0.4) is 0 Å². The molecule has 0 atom stereocenters. The highest BCUT2D eigenvalue weighted by atomic mass is 32.2. The van der Waals surface area contributed by atoms with Crippen LogP contribution in [0.15, 0.2) is 60.7 Å². The first-order valence-corrected chi connectivity index (χ1v) is 8.24. The van der Waals surface area contributed by atoms with Crippen molar-refractivity contribution in [1.29, 1.82) is 0 Å². The molecule has 0 unspecified atom stereocenters. The summed E-state index contributed by atoms with van der Waals surface area (Å²) in [6.07, 6.45) is -0.295. The van der Waals surface area contributed by atoms with Gasteiger partial charge in [-0.1, -0.05) is 67.6 Å². The first-order chi connectivity index (χ1) is 10.3. The number of hydrogen-bond donors (Lipinski definition) is 3. The van der Waals surface area contributed by atoms with Crippen LogP contribution >= 0.6 is 0 Å². The van der Waals surface area contributed by atoms with Gasteiger partial charge in [-0.25, -0.2) is 0 Å². The van der Waals surface area contributed by atoms with E-state index >= 15 is 0 Å². The van der Waals surface area contributed by atoms with E-state index < -0.39 is 20.7 Å². The van der Waals surface area contributed by atoms with E-state index in [0.717, 1.165) is 0 Å². The summed E-state index contributed by atoms with van der Waals surface area (Å²) in [6, 6.07) is 15.4. The maximum absolute atomic E-state index is 12.3. The van der Waals surface area contributed by atoms with Gasteiger partial charge in [0, 0.05) is 6.42 Å². The van der Waals surface area contributed by atoms with Gasteiger partial charge in [0.2, 0.25) is 0 Å². The topological polar surface area (TPSA) is 94.8 Å². The standard InChI is InChI=1S/C16H18O5S/c1-2-15(17,18)16(22(19,20)21,13-9-5-3-6-10-13)14-11-7-4-8-12-14/h3-12,17-18H,2H2,1H3,(H,19,20,21). The third-order valence-corrected chi connectivity index (χ3v) is 5.38. The van der Waals surface area contributed by atoms with Crippen LogP contribution < -0.4 is 0 Å². The lowest BCUT2D eigenvalue weighted by atomic mass is 9.82. The zero-order chi connectivity index (χ0) is 16.4. The molecule has 0 radical (unpaired) electrons. The van der Waals surface area contributed by atoms with Crippen LogP contribution in [0.25, 0.3) is 0 Å². The van der Waals surface area contributed by atoms with Gasteiger partial charge in [-0.05, 0) is 11.1 Å². The van der Waals surface area contributed by atoms with Crippen molar-refractivity contribution >= 4 is 10.1 Å². The largest absolute Gasteiger partial charge is 0.364 e. The number of rotatable bonds is 5. The van der Waals surface area contributed by atoms with Crippen molar-refractivity contribution in [2.75, 3.05) is 0 Å². The zero-order valence-corrected chi connectivity index (χ0v) is 12.9. The summed E-state index contributed by atoms with van der Waals surface area (Å²) < 4.78 is 32.2. The van der Waals surface area contributed by atoms with Gasteiger partial charge in [0.05, 0.1) is 0 Å². The molecule has 0 bridgehead atoms. The van der Waals surface area contributed by atoms with Gasteiger partial charge in [-0.3, -0.25) is 4.55 Å². The van der Waals surface area contributed by atoms with Gasteiger partial charge in [-0.2, -0.15) is 8.42 Å². The first-order valence-electron chi connectivity index (χ1n) is 6.80. The fourth-order valence-electron chi connectivity index (χ4n) is 2.73. The normalized spacial score (nSPS) is 13.1. The summed E-state index contributed by atoms with van der Waals surface area (Å²) in [5, 5.41) is 21.0. The van der Waals surface area contributed by atoms with Gasteiger partial charge in [-0.15, -0.1) is 0 Å². The average molecular weight is 322 g/mol. The molecule has 0 aliphatic carbocycles. The molecule has 3 N–H and O–H groups in total. The summed E-state index contributed by atoms with van der Waals surface area (Å²) in [4.78, 5) is 0. The minimum Gasteiger partial charge on any atom is -0.364 e. The van der Waals surface area contributed by atoms with Crippen LogP contribution in [0.4, 0.5) is 0 Å². The summed E-state index contributed by atoms with van der Waals surface area (Å²) in [7, 11) is -4.90. The van der Waals surface area contributed by atoms with Crippen LogP contribution in [0, 0.1) is 0 Å². The maximum Gasteiger partial charge on any atom is 0.284 e. The predicted molar refractivity (Wildman–Crippen MR) is 82.7 cm³/mol. The molecule has 0 spiro atoms. The SMILES string of the molecule is CCC(O)(O)C(c1ccccc1)(c1ccccc1)S(=O)(=O)O. The predicted octanol–water partition coefficient (Wildman–Crippen LogP) is 1.91. The zero-order valence-electron chi connectivity index (χ0n) is 12.0. The van der Waals surface area contributed by atoms with Crippen molar-refractivity contribution in [1.82, 2.24) is 0 Å².